The van der Waals surface area contributed by atoms with Crippen LogP contribution in [0.3, 0.4) is 0 Å². The van der Waals surface area contributed by atoms with Crippen molar-refractivity contribution in [3.05, 3.63) is 65.9 Å². The third-order valence-electron chi connectivity index (χ3n) is 4.55. The van der Waals surface area contributed by atoms with Gasteiger partial charge in [0.15, 0.2) is 0 Å². The molecule has 0 saturated carbocycles. The second-order valence-electron chi connectivity index (χ2n) is 6.49. The molecule has 0 spiro atoms. The van der Waals surface area contributed by atoms with Gasteiger partial charge in [-0.05, 0) is 49.2 Å². The zero-order valence-corrected chi connectivity index (χ0v) is 15.2. The van der Waals surface area contributed by atoms with Crippen molar-refractivity contribution in [2.75, 3.05) is 15.5 Å². The minimum atomic E-state index is -0.661. The number of carbonyl (C=O) groups excluding carboxylic acids is 2. The number of fused-ring (bicyclic) bond motifs is 1. The lowest BCUT2D eigenvalue weighted by Crippen LogP contribution is -2.37. The Morgan fingerprint density at radius 2 is 1.89 bits per heavy atom. The molecule has 0 aromatic heterocycles. The highest BCUT2D eigenvalue weighted by Gasteiger charge is 2.28. The van der Waals surface area contributed by atoms with Gasteiger partial charge in [-0.25, -0.2) is 4.90 Å². The number of carbonyl (C=O) groups is 2. The second kappa shape index (κ2) is 7.34. The van der Waals surface area contributed by atoms with Gasteiger partial charge in [0.25, 0.3) is 5.91 Å². The van der Waals surface area contributed by atoms with E-state index in [2.05, 4.69) is 0 Å². The van der Waals surface area contributed by atoms with E-state index in [0.29, 0.717) is 11.4 Å². The molecule has 6 heteroatoms. The highest BCUT2D eigenvalue weighted by atomic mass is 16.2. The number of nitrogens with two attached hydrogens (primary N) is 1. The monoisotopic (exact) mass is 360 g/mol. The van der Waals surface area contributed by atoms with Crippen molar-refractivity contribution in [3.8, 4) is 6.07 Å². The Kier molecular flexibility index (Phi) is 4.95. The fourth-order valence-electron chi connectivity index (χ4n) is 3.24. The first kappa shape index (κ1) is 18.2. The third kappa shape index (κ3) is 3.53. The van der Waals surface area contributed by atoms with Crippen LogP contribution in [-0.4, -0.2) is 17.9 Å². The molecule has 0 radical (unpaired) electrons. The summed E-state index contributed by atoms with van der Waals surface area (Å²) < 4.78 is 0. The quantitative estimate of drug-likeness (QED) is 0.516. The van der Waals surface area contributed by atoms with E-state index < -0.39 is 11.8 Å². The zero-order valence-electron chi connectivity index (χ0n) is 15.2. The molecule has 0 bridgehead atoms. The molecule has 0 aliphatic carbocycles. The Labute approximate surface area is 158 Å². The number of amides is 2. The molecular formula is C21H20N4O2. The lowest BCUT2D eigenvalue weighted by Gasteiger charge is -2.23. The number of anilines is 3. The van der Waals surface area contributed by atoms with Gasteiger partial charge in [-0.2, -0.15) is 5.26 Å². The Morgan fingerprint density at radius 3 is 2.52 bits per heavy atom. The van der Waals surface area contributed by atoms with E-state index in [0.717, 1.165) is 22.6 Å². The molecular weight excluding hydrogens is 340 g/mol. The van der Waals surface area contributed by atoms with Crippen LogP contribution in [0.2, 0.25) is 0 Å². The second-order valence-corrected chi connectivity index (χ2v) is 6.49. The number of rotatable bonds is 3. The minimum absolute atomic E-state index is 0.106. The SMILES string of the molecule is CC(=O)N(C(=O)/C(C#N)=C\N1c2ccccc2CC1C)c1ccc(N)cc1. The van der Waals surface area contributed by atoms with E-state index in [-0.39, 0.29) is 11.6 Å². The van der Waals surface area contributed by atoms with Gasteiger partial charge in [0, 0.05) is 30.5 Å². The maximum absolute atomic E-state index is 13.0. The largest absolute Gasteiger partial charge is 0.399 e. The molecule has 1 aliphatic heterocycles. The lowest BCUT2D eigenvalue weighted by molar-refractivity contribution is -0.123. The van der Waals surface area contributed by atoms with Gasteiger partial charge in [0.1, 0.15) is 11.6 Å². The van der Waals surface area contributed by atoms with E-state index in [9.17, 15) is 14.9 Å². The van der Waals surface area contributed by atoms with E-state index >= 15 is 0 Å². The third-order valence-corrected chi connectivity index (χ3v) is 4.55. The van der Waals surface area contributed by atoms with Gasteiger partial charge in [-0.3, -0.25) is 9.59 Å². The molecule has 3 rings (SSSR count). The highest BCUT2D eigenvalue weighted by Crippen LogP contribution is 2.32. The van der Waals surface area contributed by atoms with Crippen LogP contribution in [0.25, 0.3) is 0 Å². The smallest absolute Gasteiger partial charge is 0.277 e. The van der Waals surface area contributed by atoms with Gasteiger partial charge in [0.2, 0.25) is 5.91 Å². The Bertz CT molecular complexity index is 957. The van der Waals surface area contributed by atoms with Crippen molar-refractivity contribution in [1.29, 1.82) is 5.26 Å². The van der Waals surface area contributed by atoms with E-state index in [1.807, 2.05) is 42.2 Å². The molecule has 27 heavy (non-hydrogen) atoms. The topological polar surface area (TPSA) is 90.4 Å². The van der Waals surface area contributed by atoms with Gasteiger partial charge in [-0.15, -0.1) is 0 Å². The first-order valence-electron chi connectivity index (χ1n) is 8.61. The first-order valence-corrected chi connectivity index (χ1v) is 8.61. The molecule has 1 aliphatic rings. The molecule has 1 heterocycles. The molecule has 2 aromatic rings. The highest BCUT2D eigenvalue weighted by molar-refractivity contribution is 6.21. The number of nitrogen functional groups attached to an aromatic ring is 1. The number of nitriles is 1. The summed E-state index contributed by atoms with van der Waals surface area (Å²) in [4.78, 5) is 28.0. The molecule has 1 unspecified atom stereocenters. The van der Waals surface area contributed by atoms with Gasteiger partial charge >= 0.3 is 0 Å². The Balaban J connectivity index is 1.97. The average molecular weight is 360 g/mol. The fraction of sp³-hybridized carbons (Fsp3) is 0.190. The summed E-state index contributed by atoms with van der Waals surface area (Å²) in [6, 6.07) is 16.3. The van der Waals surface area contributed by atoms with Crippen molar-refractivity contribution in [3.63, 3.8) is 0 Å². The molecule has 2 N–H and O–H groups in total. The number of hydrogen-bond donors (Lipinski definition) is 1. The molecule has 0 fully saturated rings. The lowest BCUT2D eigenvalue weighted by atomic mass is 10.1. The Hall–Kier alpha value is -3.59. The Morgan fingerprint density at radius 1 is 1.22 bits per heavy atom. The predicted molar refractivity (Wildman–Crippen MR) is 105 cm³/mol. The van der Waals surface area contributed by atoms with Crippen LogP contribution in [0.1, 0.15) is 19.4 Å². The molecule has 0 saturated heterocycles. The van der Waals surface area contributed by atoms with E-state index in [4.69, 9.17) is 5.73 Å². The summed E-state index contributed by atoms with van der Waals surface area (Å²) in [6.45, 7) is 3.32. The molecule has 2 aromatic carbocycles. The minimum Gasteiger partial charge on any atom is -0.399 e. The maximum Gasteiger partial charge on any atom is 0.277 e. The summed E-state index contributed by atoms with van der Waals surface area (Å²) in [7, 11) is 0. The molecule has 1 atom stereocenters. The van der Waals surface area contributed by atoms with Crippen LogP contribution < -0.4 is 15.5 Å². The number of benzene rings is 2. The first-order chi connectivity index (χ1) is 12.9. The van der Waals surface area contributed by atoms with Gasteiger partial charge in [0.05, 0.1) is 5.69 Å². The standard InChI is InChI=1S/C21H20N4O2/c1-14-11-16-5-3-4-6-20(16)24(14)13-17(12-22)21(27)25(15(2)26)19-9-7-18(23)8-10-19/h3-10,13-14H,11,23H2,1-2H3/b17-13-. The zero-order chi connectivity index (χ0) is 19.6. The van der Waals surface area contributed by atoms with Crippen LogP contribution in [0, 0.1) is 11.3 Å². The predicted octanol–water partition coefficient (Wildman–Crippen LogP) is 3.01. The summed E-state index contributed by atoms with van der Waals surface area (Å²) in [5.41, 5.74) is 8.59. The molecule has 136 valence electrons. The van der Waals surface area contributed by atoms with Crippen molar-refractivity contribution in [2.24, 2.45) is 0 Å². The van der Waals surface area contributed by atoms with E-state index in [1.165, 1.54) is 13.1 Å². The van der Waals surface area contributed by atoms with Crippen LogP contribution in [0.15, 0.2) is 60.3 Å². The van der Waals surface area contributed by atoms with Gasteiger partial charge in [-0.1, -0.05) is 18.2 Å². The normalized spacial score (nSPS) is 15.8. The van der Waals surface area contributed by atoms with Crippen molar-refractivity contribution >= 4 is 28.9 Å². The number of para-hydroxylation sites is 1. The fourth-order valence-corrected chi connectivity index (χ4v) is 3.24. The van der Waals surface area contributed by atoms with Gasteiger partial charge < -0.3 is 10.6 Å². The maximum atomic E-state index is 13.0. The summed E-state index contributed by atoms with van der Waals surface area (Å²) in [5.74, 6) is -1.13. The number of hydrogen-bond acceptors (Lipinski definition) is 5. The number of imide groups is 1. The number of nitrogens with zero attached hydrogens (tertiary/aromatic N) is 3. The average Bonchev–Trinajstić information content (AvgIpc) is 2.96. The van der Waals surface area contributed by atoms with Crippen LogP contribution >= 0.6 is 0 Å². The van der Waals surface area contributed by atoms with Crippen molar-refractivity contribution in [1.82, 2.24) is 0 Å². The van der Waals surface area contributed by atoms with Crippen LogP contribution in [0.5, 0.6) is 0 Å². The van der Waals surface area contributed by atoms with Crippen LogP contribution in [0.4, 0.5) is 17.1 Å². The van der Waals surface area contributed by atoms with Crippen LogP contribution in [-0.2, 0) is 16.0 Å². The van der Waals surface area contributed by atoms with E-state index in [1.54, 1.807) is 24.3 Å². The molecule has 6 nitrogen and oxygen atoms in total. The summed E-state index contributed by atoms with van der Waals surface area (Å²) in [6.07, 6.45) is 2.36. The van der Waals surface area contributed by atoms with Crippen molar-refractivity contribution < 1.29 is 9.59 Å². The summed E-state index contributed by atoms with van der Waals surface area (Å²) in [5, 5.41) is 9.59. The van der Waals surface area contributed by atoms with Crippen molar-refractivity contribution in [2.45, 2.75) is 26.3 Å². The summed E-state index contributed by atoms with van der Waals surface area (Å²) >= 11 is 0. The molecule has 2 amide bonds.